The summed E-state index contributed by atoms with van der Waals surface area (Å²) in [5.41, 5.74) is 1.08. The zero-order chi connectivity index (χ0) is 23.2. The number of aromatic nitrogens is 1. The minimum absolute atomic E-state index is 0.0611. The molecule has 0 aliphatic heterocycles. The average Bonchev–Trinajstić information content (AvgIpc) is 3.16. The van der Waals surface area contributed by atoms with Crippen molar-refractivity contribution in [3.8, 4) is 17.2 Å². The maximum atomic E-state index is 13.2. The molecule has 33 heavy (non-hydrogen) atoms. The number of nitrogens with zero attached hydrogens (tertiary/aromatic N) is 2. The van der Waals surface area contributed by atoms with Gasteiger partial charge in [-0.25, -0.2) is 0 Å². The van der Waals surface area contributed by atoms with E-state index < -0.39 is 11.9 Å². The quantitative estimate of drug-likeness (QED) is 0.368. The molecule has 0 saturated carbocycles. The van der Waals surface area contributed by atoms with E-state index in [1.807, 2.05) is 42.5 Å². The molecule has 0 atom stereocenters. The summed E-state index contributed by atoms with van der Waals surface area (Å²) in [6, 6.07) is 21.6. The molecule has 0 N–H and O–H groups in total. The number of amides is 1. The van der Waals surface area contributed by atoms with E-state index in [1.54, 1.807) is 48.9 Å². The Bertz CT molecular complexity index is 1360. The molecule has 4 aromatic rings. The molecule has 0 fully saturated rings. The Morgan fingerprint density at radius 3 is 2.48 bits per heavy atom. The van der Waals surface area contributed by atoms with Crippen LogP contribution in [-0.2, 0) is 16.1 Å². The van der Waals surface area contributed by atoms with E-state index in [4.69, 9.17) is 14.2 Å². The molecule has 0 aliphatic carbocycles. The molecule has 7 nitrogen and oxygen atoms in total. The van der Waals surface area contributed by atoms with Crippen LogP contribution in [0.15, 0.2) is 77.8 Å². The van der Waals surface area contributed by atoms with Gasteiger partial charge in [0.15, 0.2) is 4.80 Å². The smallest absolute Gasteiger partial charge is 0.326 e. The normalized spacial score (nSPS) is 11.4. The van der Waals surface area contributed by atoms with Gasteiger partial charge in [0.05, 0.1) is 29.5 Å². The van der Waals surface area contributed by atoms with Crippen LogP contribution in [0.3, 0.4) is 0 Å². The van der Waals surface area contributed by atoms with Gasteiger partial charge in [-0.15, -0.1) is 0 Å². The number of methoxy groups -OCH3 is 1. The Morgan fingerprint density at radius 1 is 0.970 bits per heavy atom. The van der Waals surface area contributed by atoms with Crippen LogP contribution in [0.25, 0.3) is 10.2 Å². The van der Waals surface area contributed by atoms with E-state index in [9.17, 15) is 9.59 Å². The fourth-order valence-corrected chi connectivity index (χ4v) is 4.31. The first-order valence-electron chi connectivity index (χ1n) is 10.3. The molecule has 3 aromatic carbocycles. The number of ether oxygens (including phenoxy) is 3. The molecule has 168 valence electrons. The standard InChI is InChI=1S/C25H22N2O5S/c1-3-31-23(28)16-27-20-14-13-18(30-2)15-22(20)33-25(27)26-24(29)19-11-7-8-12-21(19)32-17-9-5-4-6-10-17/h4-15H,3,16H2,1-2H3. The molecule has 0 bridgehead atoms. The fourth-order valence-electron chi connectivity index (χ4n) is 3.25. The Morgan fingerprint density at radius 2 is 1.73 bits per heavy atom. The number of benzene rings is 3. The molecule has 1 heterocycles. The number of thiazole rings is 1. The minimum atomic E-state index is -0.474. The molecule has 0 spiro atoms. The molecule has 0 unspecified atom stereocenters. The highest BCUT2D eigenvalue weighted by atomic mass is 32.1. The summed E-state index contributed by atoms with van der Waals surface area (Å²) in [6.45, 7) is 1.96. The first-order valence-corrected chi connectivity index (χ1v) is 11.1. The zero-order valence-electron chi connectivity index (χ0n) is 18.2. The Kier molecular flexibility index (Phi) is 6.85. The maximum Gasteiger partial charge on any atom is 0.326 e. The number of esters is 1. The molecule has 1 aromatic heterocycles. The lowest BCUT2D eigenvalue weighted by molar-refractivity contribution is -0.143. The van der Waals surface area contributed by atoms with Gasteiger partial charge >= 0.3 is 5.97 Å². The van der Waals surface area contributed by atoms with Crippen molar-refractivity contribution >= 4 is 33.4 Å². The zero-order valence-corrected chi connectivity index (χ0v) is 19.0. The second-order valence-electron chi connectivity index (χ2n) is 6.94. The third kappa shape index (κ3) is 5.12. The fraction of sp³-hybridized carbons (Fsp3) is 0.160. The third-order valence-electron chi connectivity index (χ3n) is 4.77. The van der Waals surface area contributed by atoms with Gasteiger partial charge in [-0.2, -0.15) is 4.99 Å². The molecule has 0 radical (unpaired) electrons. The molecule has 0 aliphatic rings. The van der Waals surface area contributed by atoms with E-state index >= 15 is 0 Å². The number of carbonyl (C=O) groups excluding carboxylic acids is 2. The van der Waals surface area contributed by atoms with Crippen LogP contribution in [0.2, 0.25) is 0 Å². The topological polar surface area (TPSA) is 79.1 Å². The second kappa shape index (κ2) is 10.1. The van der Waals surface area contributed by atoms with Crippen LogP contribution < -0.4 is 14.3 Å². The van der Waals surface area contributed by atoms with Crippen LogP contribution in [0.5, 0.6) is 17.2 Å². The van der Waals surface area contributed by atoms with Crippen LogP contribution in [0, 0.1) is 0 Å². The molecular weight excluding hydrogens is 440 g/mol. The Labute approximate surface area is 194 Å². The third-order valence-corrected chi connectivity index (χ3v) is 5.81. The van der Waals surface area contributed by atoms with Crippen molar-refractivity contribution in [3.63, 3.8) is 0 Å². The molecule has 8 heteroatoms. The lowest BCUT2D eigenvalue weighted by Crippen LogP contribution is -2.23. The highest BCUT2D eigenvalue weighted by Gasteiger charge is 2.16. The number of fused-ring (bicyclic) bond motifs is 1. The highest BCUT2D eigenvalue weighted by Crippen LogP contribution is 2.26. The van der Waals surface area contributed by atoms with Gasteiger partial charge in [0.2, 0.25) is 0 Å². The van der Waals surface area contributed by atoms with Crippen LogP contribution >= 0.6 is 11.3 Å². The molecular formula is C25H22N2O5S. The SMILES string of the molecule is CCOC(=O)Cn1c(=NC(=O)c2ccccc2Oc2ccccc2)sc2cc(OC)ccc21. The van der Waals surface area contributed by atoms with E-state index in [0.29, 0.717) is 27.6 Å². The van der Waals surface area contributed by atoms with Gasteiger partial charge in [0.25, 0.3) is 5.91 Å². The Hall–Kier alpha value is -3.91. The first kappa shape index (κ1) is 22.3. The number of para-hydroxylation sites is 2. The van der Waals surface area contributed by atoms with Crippen molar-refractivity contribution < 1.29 is 23.8 Å². The summed E-state index contributed by atoms with van der Waals surface area (Å²) in [5.74, 6) is 0.806. The largest absolute Gasteiger partial charge is 0.497 e. The summed E-state index contributed by atoms with van der Waals surface area (Å²) >= 11 is 1.29. The van der Waals surface area contributed by atoms with Crippen molar-refractivity contribution in [1.82, 2.24) is 4.57 Å². The summed E-state index contributed by atoms with van der Waals surface area (Å²) in [7, 11) is 1.58. The van der Waals surface area contributed by atoms with Crippen molar-refractivity contribution in [2.24, 2.45) is 4.99 Å². The summed E-state index contributed by atoms with van der Waals surface area (Å²) in [5, 5.41) is 0. The van der Waals surface area contributed by atoms with Gasteiger partial charge in [-0.3, -0.25) is 9.59 Å². The monoisotopic (exact) mass is 462 g/mol. The number of rotatable bonds is 7. The van der Waals surface area contributed by atoms with Gasteiger partial charge in [0.1, 0.15) is 23.8 Å². The van der Waals surface area contributed by atoms with Crippen LogP contribution in [0.1, 0.15) is 17.3 Å². The maximum absolute atomic E-state index is 13.2. The summed E-state index contributed by atoms with van der Waals surface area (Å²) < 4.78 is 18.8. The van der Waals surface area contributed by atoms with Gasteiger partial charge in [-0.05, 0) is 49.4 Å². The van der Waals surface area contributed by atoms with Gasteiger partial charge in [-0.1, -0.05) is 41.7 Å². The molecule has 0 saturated heterocycles. The van der Waals surface area contributed by atoms with Crippen LogP contribution in [-0.4, -0.2) is 30.2 Å². The average molecular weight is 463 g/mol. The highest BCUT2D eigenvalue weighted by molar-refractivity contribution is 7.16. The van der Waals surface area contributed by atoms with E-state index in [1.165, 1.54) is 11.3 Å². The van der Waals surface area contributed by atoms with Crippen molar-refractivity contribution in [1.29, 1.82) is 0 Å². The van der Waals surface area contributed by atoms with Crippen LogP contribution in [0.4, 0.5) is 0 Å². The summed E-state index contributed by atoms with van der Waals surface area (Å²) in [6.07, 6.45) is 0. The summed E-state index contributed by atoms with van der Waals surface area (Å²) in [4.78, 5) is 30.2. The van der Waals surface area contributed by atoms with E-state index in [-0.39, 0.29) is 13.2 Å². The second-order valence-corrected chi connectivity index (χ2v) is 7.95. The number of hydrogen-bond donors (Lipinski definition) is 0. The van der Waals surface area contributed by atoms with Crippen molar-refractivity contribution in [2.75, 3.05) is 13.7 Å². The predicted octanol–water partition coefficient (Wildman–Crippen LogP) is 4.81. The van der Waals surface area contributed by atoms with Gasteiger partial charge in [0, 0.05) is 0 Å². The van der Waals surface area contributed by atoms with E-state index in [0.717, 1.165) is 10.2 Å². The first-order chi connectivity index (χ1) is 16.1. The number of hydrogen-bond acceptors (Lipinski definition) is 6. The van der Waals surface area contributed by atoms with Crippen molar-refractivity contribution in [2.45, 2.75) is 13.5 Å². The lowest BCUT2D eigenvalue weighted by atomic mass is 10.2. The predicted molar refractivity (Wildman–Crippen MR) is 126 cm³/mol. The van der Waals surface area contributed by atoms with Gasteiger partial charge < -0.3 is 18.8 Å². The number of carbonyl (C=O) groups is 2. The van der Waals surface area contributed by atoms with Crippen molar-refractivity contribution in [3.05, 3.63) is 83.2 Å². The Balaban J connectivity index is 1.77. The minimum Gasteiger partial charge on any atom is -0.497 e. The lowest BCUT2D eigenvalue weighted by Gasteiger charge is -2.09. The molecule has 1 amide bonds. The molecule has 4 rings (SSSR count). The van der Waals surface area contributed by atoms with E-state index in [2.05, 4.69) is 4.99 Å².